The molecule has 30 heavy (non-hydrogen) atoms. The van der Waals surface area contributed by atoms with Crippen molar-refractivity contribution >= 4 is 11.9 Å². The minimum absolute atomic E-state index is 0.0709. The maximum atomic E-state index is 12.6. The first kappa shape index (κ1) is 21.1. The molecule has 0 bridgehead atoms. The third-order valence-electron chi connectivity index (χ3n) is 4.35. The SMILES string of the molecule is O=C(COC(=O)c1ccc(C(F)(F)F)cc1)NC(c1ccccc1)c1ccccc1. The van der Waals surface area contributed by atoms with E-state index in [1.165, 1.54) is 0 Å². The van der Waals surface area contributed by atoms with Crippen molar-refractivity contribution in [3.05, 3.63) is 107 Å². The molecule has 0 aromatic heterocycles. The van der Waals surface area contributed by atoms with Gasteiger partial charge in [-0.25, -0.2) is 4.79 Å². The molecule has 0 saturated heterocycles. The molecule has 0 radical (unpaired) electrons. The lowest BCUT2D eigenvalue weighted by molar-refractivity contribution is -0.137. The smallest absolute Gasteiger partial charge is 0.416 e. The predicted octanol–water partition coefficient (Wildman–Crippen LogP) is 4.77. The molecule has 3 aromatic carbocycles. The minimum Gasteiger partial charge on any atom is -0.452 e. The van der Waals surface area contributed by atoms with E-state index in [0.717, 1.165) is 35.4 Å². The van der Waals surface area contributed by atoms with Gasteiger partial charge in [-0.2, -0.15) is 13.2 Å². The molecule has 0 saturated carbocycles. The van der Waals surface area contributed by atoms with Gasteiger partial charge >= 0.3 is 12.1 Å². The van der Waals surface area contributed by atoms with Crippen LogP contribution in [0.5, 0.6) is 0 Å². The first-order valence-electron chi connectivity index (χ1n) is 9.08. The molecule has 0 aliphatic heterocycles. The van der Waals surface area contributed by atoms with Crippen molar-refractivity contribution in [3.8, 4) is 0 Å². The fourth-order valence-corrected chi connectivity index (χ4v) is 2.86. The van der Waals surface area contributed by atoms with Crippen LogP contribution in [0.4, 0.5) is 13.2 Å². The molecule has 4 nitrogen and oxygen atoms in total. The number of esters is 1. The van der Waals surface area contributed by atoms with Gasteiger partial charge in [-0.05, 0) is 35.4 Å². The summed E-state index contributed by atoms with van der Waals surface area (Å²) < 4.78 is 42.8. The first-order chi connectivity index (χ1) is 14.3. The first-order valence-corrected chi connectivity index (χ1v) is 9.08. The summed E-state index contributed by atoms with van der Waals surface area (Å²) in [6, 6.07) is 21.8. The van der Waals surface area contributed by atoms with E-state index >= 15 is 0 Å². The van der Waals surface area contributed by atoms with Crippen LogP contribution in [0.2, 0.25) is 0 Å². The Morgan fingerprint density at radius 1 is 0.800 bits per heavy atom. The minimum atomic E-state index is -4.49. The molecule has 0 heterocycles. The number of ether oxygens (including phenoxy) is 1. The van der Waals surface area contributed by atoms with E-state index in [-0.39, 0.29) is 5.56 Å². The molecule has 0 fully saturated rings. The molecule has 0 aliphatic rings. The van der Waals surface area contributed by atoms with Crippen molar-refractivity contribution < 1.29 is 27.5 Å². The van der Waals surface area contributed by atoms with Crippen molar-refractivity contribution in [2.75, 3.05) is 6.61 Å². The molecule has 0 aliphatic carbocycles. The summed E-state index contributed by atoms with van der Waals surface area (Å²) in [5, 5.41) is 2.82. The molecular formula is C23H18F3NO3. The van der Waals surface area contributed by atoms with Gasteiger partial charge in [0.25, 0.3) is 5.91 Å². The zero-order valence-electron chi connectivity index (χ0n) is 15.7. The van der Waals surface area contributed by atoms with Crippen LogP contribution in [0.25, 0.3) is 0 Å². The van der Waals surface area contributed by atoms with Gasteiger partial charge in [0.05, 0.1) is 17.2 Å². The number of nitrogens with one attached hydrogen (secondary N) is 1. The number of hydrogen-bond acceptors (Lipinski definition) is 3. The van der Waals surface area contributed by atoms with Gasteiger partial charge in [-0.15, -0.1) is 0 Å². The average Bonchev–Trinajstić information content (AvgIpc) is 2.76. The second-order valence-corrected chi connectivity index (χ2v) is 6.47. The lowest BCUT2D eigenvalue weighted by Crippen LogP contribution is -2.33. The zero-order valence-corrected chi connectivity index (χ0v) is 15.7. The van der Waals surface area contributed by atoms with Crippen LogP contribution in [-0.2, 0) is 15.7 Å². The van der Waals surface area contributed by atoms with E-state index in [0.29, 0.717) is 0 Å². The van der Waals surface area contributed by atoms with Gasteiger partial charge in [-0.1, -0.05) is 60.7 Å². The largest absolute Gasteiger partial charge is 0.452 e. The van der Waals surface area contributed by atoms with Gasteiger partial charge in [0.1, 0.15) is 0 Å². The van der Waals surface area contributed by atoms with Gasteiger partial charge in [0.2, 0.25) is 0 Å². The maximum absolute atomic E-state index is 12.6. The lowest BCUT2D eigenvalue weighted by atomic mass is 9.99. The fourth-order valence-electron chi connectivity index (χ4n) is 2.86. The van der Waals surface area contributed by atoms with Crippen molar-refractivity contribution in [1.29, 1.82) is 0 Å². The van der Waals surface area contributed by atoms with Crippen LogP contribution in [0.15, 0.2) is 84.9 Å². The summed E-state index contributed by atoms with van der Waals surface area (Å²) >= 11 is 0. The highest BCUT2D eigenvalue weighted by atomic mass is 19.4. The number of carbonyl (C=O) groups is 2. The summed E-state index contributed by atoms with van der Waals surface area (Å²) in [6.07, 6.45) is -4.49. The Morgan fingerprint density at radius 2 is 1.30 bits per heavy atom. The third kappa shape index (κ3) is 5.47. The van der Waals surface area contributed by atoms with Crippen molar-refractivity contribution in [2.45, 2.75) is 12.2 Å². The Kier molecular flexibility index (Phi) is 6.51. The monoisotopic (exact) mass is 413 g/mol. The van der Waals surface area contributed by atoms with Gasteiger partial charge in [-0.3, -0.25) is 4.79 Å². The normalized spacial score (nSPS) is 11.2. The number of hydrogen-bond donors (Lipinski definition) is 1. The standard InChI is InChI=1S/C23H18F3NO3/c24-23(25,26)19-13-11-18(12-14-19)22(29)30-15-20(28)27-21(16-7-3-1-4-8-16)17-9-5-2-6-10-17/h1-14,21H,15H2,(H,27,28). The van der Waals surface area contributed by atoms with Crippen LogP contribution < -0.4 is 5.32 Å². The molecule has 1 N–H and O–H groups in total. The van der Waals surface area contributed by atoms with Crippen molar-refractivity contribution in [3.63, 3.8) is 0 Å². The van der Waals surface area contributed by atoms with Crippen molar-refractivity contribution in [1.82, 2.24) is 5.32 Å². The Bertz CT molecular complexity index is 948. The molecule has 1 amide bonds. The summed E-state index contributed by atoms with van der Waals surface area (Å²) in [6.45, 7) is -0.560. The number of benzene rings is 3. The highest BCUT2D eigenvalue weighted by Gasteiger charge is 2.30. The second-order valence-electron chi connectivity index (χ2n) is 6.47. The van der Waals surface area contributed by atoms with Crippen LogP contribution >= 0.6 is 0 Å². The number of carbonyl (C=O) groups excluding carboxylic acids is 2. The lowest BCUT2D eigenvalue weighted by Gasteiger charge is -2.20. The fraction of sp³-hybridized carbons (Fsp3) is 0.130. The summed E-state index contributed by atoms with van der Waals surface area (Å²) in [4.78, 5) is 24.4. The quantitative estimate of drug-likeness (QED) is 0.593. The molecule has 154 valence electrons. The number of alkyl halides is 3. The van der Waals surface area contributed by atoms with Crippen LogP contribution in [0.1, 0.15) is 33.1 Å². The van der Waals surface area contributed by atoms with Gasteiger partial charge in [0.15, 0.2) is 6.61 Å². The third-order valence-corrected chi connectivity index (χ3v) is 4.35. The molecule has 3 rings (SSSR count). The molecule has 0 unspecified atom stereocenters. The Morgan fingerprint density at radius 3 is 1.77 bits per heavy atom. The highest BCUT2D eigenvalue weighted by molar-refractivity contribution is 5.91. The average molecular weight is 413 g/mol. The Hall–Kier alpha value is -3.61. The summed E-state index contributed by atoms with van der Waals surface area (Å²) in [5.41, 5.74) is 0.765. The Balaban J connectivity index is 1.64. The van der Waals surface area contributed by atoms with Crippen molar-refractivity contribution in [2.24, 2.45) is 0 Å². The van der Waals surface area contributed by atoms with E-state index in [2.05, 4.69) is 5.32 Å². The van der Waals surface area contributed by atoms with Gasteiger partial charge < -0.3 is 10.1 Å². The molecule has 7 heteroatoms. The number of amides is 1. The zero-order chi connectivity index (χ0) is 21.6. The number of halogens is 3. The van der Waals surface area contributed by atoms with E-state index in [1.54, 1.807) is 0 Å². The predicted molar refractivity (Wildman–Crippen MR) is 105 cm³/mol. The van der Waals surface area contributed by atoms with E-state index in [1.807, 2.05) is 60.7 Å². The van der Waals surface area contributed by atoms with E-state index in [9.17, 15) is 22.8 Å². The van der Waals surface area contributed by atoms with Crippen LogP contribution in [0, 0.1) is 0 Å². The maximum Gasteiger partial charge on any atom is 0.416 e. The molecule has 3 aromatic rings. The van der Waals surface area contributed by atoms with E-state index in [4.69, 9.17) is 4.74 Å². The summed E-state index contributed by atoms with van der Waals surface area (Å²) in [7, 11) is 0. The molecule has 0 atom stereocenters. The topological polar surface area (TPSA) is 55.4 Å². The second kappa shape index (κ2) is 9.26. The van der Waals surface area contributed by atoms with Crippen LogP contribution in [0.3, 0.4) is 0 Å². The van der Waals surface area contributed by atoms with Gasteiger partial charge in [0, 0.05) is 0 Å². The van der Waals surface area contributed by atoms with E-state index < -0.39 is 36.3 Å². The molecule has 0 spiro atoms. The highest BCUT2D eigenvalue weighted by Crippen LogP contribution is 2.29. The Labute approximate surface area is 171 Å². The van der Waals surface area contributed by atoms with Crippen LogP contribution in [-0.4, -0.2) is 18.5 Å². The summed E-state index contributed by atoms with van der Waals surface area (Å²) in [5.74, 6) is -1.41. The molecular weight excluding hydrogens is 395 g/mol. The number of rotatable bonds is 6.